The lowest BCUT2D eigenvalue weighted by molar-refractivity contribution is -0.0882. The molecule has 1 aromatic rings. The Morgan fingerprint density at radius 3 is 2.88 bits per heavy atom. The molecule has 4 heteroatoms. The Balaban J connectivity index is 2.03. The summed E-state index contributed by atoms with van der Waals surface area (Å²) in [6.45, 7) is 7.95. The molecule has 0 aromatic heterocycles. The lowest BCUT2D eigenvalue weighted by Crippen LogP contribution is -2.47. The SMILES string of the molecule is CC1(C)CN(Cc2ccc(Br)c(N)c2)CCO1. The van der Waals surface area contributed by atoms with Crippen LogP contribution in [0.15, 0.2) is 22.7 Å². The predicted molar refractivity (Wildman–Crippen MR) is 73.9 cm³/mol. The van der Waals surface area contributed by atoms with Crippen LogP contribution in [-0.4, -0.2) is 30.2 Å². The summed E-state index contributed by atoms with van der Waals surface area (Å²) in [4.78, 5) is 2.41. The molecule has 0 unspecified atom stereocenters. The minimum atomic E-state index is -0.0425. The highest BCUT2D eigenvalue weighted by Crippen LogP contribution is 2.23. The van der Waals surface area contributed by atoms with E-state index in [9.17, 15) is 0 Å². The molecule has 0 radical (unpaired) electrons. The zero-order chi connectivity index (χ0) is 12.5. The van der Waals surface area contributed by atoms with E-state index in [-0.39, 0.29) is 5.60 Å². The van der Waals surface area contributed by atoms with Crippen molar-refractivity contribution in [2.45, 2.75) is 26.0 Å². The summed E-state index contributed by atoms with van der Waals surface area (Å²) in [6.07, 6.45) is 0. The van der Waals surface area contributed by atoms with Crippen LogP contribution in [0.2, 0.25) is 0 Å². The van der Waals surface area contributed by atoms with Crippen molar-refractivity contribution in [2.24, 2.45) is 0 Å². The van der Waals surface area contributed by atoms with E-state index >= 15 is 0 Å². The fourth-order valence-corrected chi connectivity index (χ4v) is 2.45. The zero-order valence-corrected chi connectivity index (χ0v) is 12.0. The van der Waals surface area contributed by atoms with Crippen LogP contribution in [0, 0.1) is 0 Å². The van der Waals surface area contributed by atoms with Crippen molar-refractivity contribution in [1.29, 1.82) is 0 Å². The molecule has 94 valence electrons. The molecule has 1 aliphatic heterocycles. The molecule has 0 saturated carbocycles. The fourth-order valence-electron chi connectivity index (χ4n) is 2.20. The molecule has 1 aliphatic rings. The summed E-state index contributed by atoms with van der Waals surface area (Å²) in [7, 11) is 0. The van der Waals surface area contributed by atoms with Gasteiger partial charge in [0.2, 0.25) is 0 Å². The van der Waals surface area contributed by atoms with Crippen LogP contribution < -0.4 is 5.73 Å². The third-order valence-corrected chi connectivity index (χ3v) is 3.69. The molecular weight excluding hydrogens is 280 g/mol. The third kappa shape index (κ3) is 3.44. The lowest BCUT2D eigenvalue weighted by atomic mass is 10.1. The van der Waals surface area contributed by atoms with E-state index in [1.165, 1.54) is 5.56 Å². The largest absolute Gasteiger partial charge is 0.398 e. The normalized spacial score (nSPS) is 20.4. The predicted octanol–water partition coefficient (Wildman–Crippen LogP) is 2.64. The highest BCUT2D eigenvalue weighted by atomic mass is 79.9. The molecule has 1 aromatic carbocycles. The van der Waals surface area contributed by atoms with E-state index in [1.54, 1.807) is 0 Å². The van der Waals surface area contributed by atoms with Gasteiger partial charge in [-0.2, -0.15) is 0 Å². The zero-order valence-electron chi connectivity index (χ0n) is 10.4. The molecule has 0 spiro atoms. The molecule has 2 rings (SSSR count). The second-order valence-electron chi connectivity index (χ2n) is 5.17. The van der Waals surface area contributed by atoms with E-state index < -0.39 is 0 Å². The van der Waals surface area contributed by atoms with E-state index in [0.29, 0.717) is 0 Å². The van der Waals surface area contributed by atoms with Crippen LogP contribution in [0.5, 0.6) is 0 Å². The molecule has 0 amide bonds. The molecule has 1 fully saturated rings. The number of ether oxygens (including phenoxy) is 1. The maximum Gasteiger partial charge on any atom is 0.0753 e. The molecule has 0 atom stereocenters. The lowest BCUT2D eigenvalue weighted by Gasteiger charge is -2.38. The first-order valence-corrected chi connectivity index (χ1v) is 6.66. The second-order valence-corrected chi connectivity index (χ2v) is 6.03. The maximum absolute atomic E-state index is 5.89. The van der Waals surface area contributed by atoms with Gasteiger partial charge >= 0.3 is 0 Å². The number of anilines is 1. The van der Waals surface area contributed by atoms with Gasteiger partial charge in [-0.15, -0.1) is 0 Å². The van der Waals surface area contributed by atoms with Crippen molar-refractivity contribution in [1.82, 2.24) is 4.90 Å². The summed E-state index contributed by atoms with van der Waals surface area (Å²) in [5.41, 5.74) is 7.90. The number of hydrogen-bond donors (Lipinski definition) is 1. The average Bonchev–Trinajstić information content (AvgIpc) is 2.22. The standard InChI is InChI=1S/C13H19BrN2O/c1-13(2)9-16(5-6-17-13)8-10-3-4-11(14)12(15)7-10/h3-4,7H,5-6,8-9,15H2,1-2H3. The number of hydrogen-bond acceptors (Lipinski definition) is 3. The summed E-state index contributed by atoms with van der Waals surface area (Å²) in [6, 6.07) is 6.16. The molecule has 0 bridgehead atoms. The second kappa shape index (κ2) is 4.96. The van der Waals surface area contributed by atoms with Gasteiger partial charge < -0.3 is 10.5 Å². The van der Waals surface area contributed by atoms with Gasteiger partial charge in [-0.3, -0.25) is 4.90 Å². The Morgan fingerprint density at radius 2 is 2.24 bits per heavy atom. The van der Waals surface area contributed by atoms with E-state index in [0.717, 1.165) is 36.4 Å². The van der Waals surface area contributed by atoms with E-state index in [1.807, 2.05) is 12.1 Å². The first-order valence-electron chi connectivity index (χ1n) is 5.86. The smallest absolute Gasteiger partial charge is 0.0753 e. The molecule has 17 heavy (non-hydrogen) atoms. The molecule has 1 heterocycles. The number of rotatable bonds is 2. The molecule has 2 N–H and O–H groups in total. The van der Waals surface area contributed by atoms with Crippen LogP contribution in [0.3, 0.4) is 0 Å². The van der Waals surface area contributed by atoms with Gasteiger partial charge in [0.25, 0.3) is 0 Å². The summed E-state index contributed by atoms with van der Waals surface area (Å²) in [5, 5.41) is 0. The molecule has 0 aliphatic carbocycles. The van der Waals surface area contributed by atoms with Crippen molar-refractivity contribution in [3.05, 3.63) is 28.2 Å². The minimum absolute atomic E-state index is 0.0425. The van der Waals surface area contributed by atoms with Gasteiger partial charge in [0, 0.05) is 29.8 Å². The third-order valence-electron chi connectivity index (χ3n) is 2.97. The van der Waals surface area contributed by atoms with Crippen molar-refractivity contribution >= 4 is 21.6 Å². The molecule has 3 nitrogen and oxygen atoms in total. The number of nitrogen functional groups attached to an aromatic ring is 1. The quantitative estimate of drug-likeness (QED) is 0.853. The Kier molecular flexibility index (Phi) is 3.76. The average molecular weight is 299 g/mol. The van der Waals surface area contributed by atoms with Crippen LogP contribution in [-0.2, 0) is 11.3 Å². The summed E-state index contributed by atoms with van der Waals surface area (Å²) >= 11 is 3.41. The van der Waals surface area contributed by atoms with Crippen LogP contribution in [0.25, 0.3) is 0 Å². The number of nitrogens with two attached hydrogens (primary N) is 1. The highest BCUT2D eigenvalue weighted by Gasteiger charge is 2.26. The Labute approximate surface area is 111 Å². The van der Waals surface area contributed by atoms with Crippen molar-refractivity contribution < 1.29 is 4.74 Å². The van der Waals surface area contributed by atoms with E-state index in [2.05, 4.69) is 40.7 Å². The van der Waals surface area contributed by atoms with E-state index in [4.69, 9.17) is 10.5 Å². The number of nitrogens with zero attached hydrogens (tertiary/aromatic N) is 1. The van der Waals surface area contributed by atoms with Crippen molar-refractivity contribution in [3.8, 4) is 0 Å². The summed E-state index contributed by atoms with van der Waals surface area (Å²) in [5.74, 6) is 0. The fraction of sp³-hybridized carbons (Fsp3) is 0.538. The molecule has 1 saturated heterocycles. The van der Waals surface area contributed by atoms with Gasteiger partial charge in [-0.1, -0.05) is 6.07 Å². The van der Waals surface area contributed by atoms with Gasteiger partial charge in [0.1, 0.15) is 0 Å². The van der Waals surface area contributed by atoms with Gasteiger partial charge in [-0.25, -0.2) is 0 Å². The topological polar surface area (TPSA) is 38.5 Å². The first-order chi connectivity index (χ1) is 7.96. The Bertz CT molecular complexity index is 406. The van der Waals surface area contributed by atoms with Crippen molar-refractivity contribution in [2.75, 3.05) is 25.4 Å². The number of morpholine rings is 1. The minimum Gasteiger partial charge on any atom is -0.398 e. The number of benzene rings is 1. The van der Waals surface area contributed by atoms with Crippen LogP contribution >= 0.6 is 15.9 Å². The highest BCUT2D eigenvalue weighted by molar-refractivity contribution is 9.10. The van der Waals surface area contributed by atoms with Crippen LogP contribution in [0.4, 0.5) is 5.69 Å². The monoisotopic (exact) mass is 298 g/mol. The maximum atomic E-state index is 5.89. The van der Waals surface area contributed by atoms with Crippen molar-refractivity contribution in [3.63, 3.8) is 0 Å². The van der Waals surface area contributed by atoms with Crippen LogP contribution in [0.1, 0.15) is 19.4 Å². The Hall–Kier alpha value is -0.580. The van der Waals surface area contributed by atoms with Gasteiger partial charge in [-0.05, 0) is 47.5 Å². The molecular formula is C13H19BrN2O. The number of halogens is 1. The van der Waals surface area contributed by atoms with Gasteiger partial charge in [0.15, 0.2) is 0 Å². The Morgan fingerprint density at radius 1 is 1.47 bits per heavy atom. The first kappa shape index (κ1) is 12.9. The van der Waals surface area contributed by atoms with Gasteiger partial charge in [0.05, 0.1) is 12.2 Å². The summed E-state index contributed by atoms with van der Waals surface area (Å²) < 4.78 is 6.66.